The van der Waals surface area contributed by atoms with Crippen molar-refractivity contribution in [2.45, 2.75) is 59.5 Å². The van der Waals surface area contributed by atoms with E-state index in [-0.39, 0.29) is 0 Å². The predicted octanol–water partition coefficient (Wildman–Crippen LogP) is 4.47. The van der Waals surface area contributed by atoms with Gasteiger partial charge in [0, 0.05) is 12.1 Å². The molecule has 17 heavy (non-hydrogen) atoms. The van der Waals surface area contributed by atoms with Crippen molar-refractivity contribution >= 4 is 0 Å². The van der Waals surface area contributed by atoms with Gasteiger partial charge in [-0.3, -0.25) is 0 Å². The summed E-state index contributed by atoms with van der Waals surface area (Å²) in [7, 11) is 0. The van der Waals surface area contributed by atoms with Crippen molar-refractivity contribution in [1.82, 2.24) is 5.32 Å². The standard InChI is InChI=1S/C16H27N/c1-6-16(17-14(5)11-12(2)3)15-9-7-13(4)8-10-15/h7-10,12,14,16-17H,6,11H2,1-5H3. The molecule has 0 aromatic heterocycles. The van der Waals surface area contributed by atoms with Crippen molar-refractivity contribution in [3.05, 3.63) is 35.4 Å². The zero-order chi connectivity index (χ0) is 12.8. The first-order valence-corrected chi connectivity index (χ1v) is 6.85. The van der Waals surface area contributed by atoms with Gasteiger partial charge in [0.15, 0.2) is 0 Å². The Balaban J connectivity index is 2.62. The predicted molar refractivity (Wildman–Crippen MR) is 76.3 cm³/mol. The third-order valence-electron chi connectivity index (χ3n) is 3.20. The third-order valence-corrected chi connectivity index (χ3v) is 3.20. The normalized spacial score (nSPS) is 14.9. The van der Waals surface area contributed by atoms with Gasteiger partial charge in [-0.2, -0.15) is 0 Å². The van der Waals surface area contributed by atoms with E-state index in [2.05, 4.69) is 64.2 Å². The molecule has 96 valence electrons. The van der Waals surface area contributed by atoms with E-state index in [9.17, 15) is 0 Å². The van der Waals surface area contributed by atoms with Crippen LogP contribution < -0.4 is 5.32 Å². The third kappa shape index (κ3) is 4.91. The summed E-state index contributed by atoms with van der Waals surface area (Å²) >= 11 is 0. The van der Waals surface area contributed by atoms with Gasteiger partial charge in [-0.1, -0.05) is 50.6 Å². The van der Waals surface area contributed by atoms with Crippen molar-refractivity contribution in [2.24, 2.45) is 5.92 Å². The number of benzene rings is 1. The molecule has 0 spiro atoms. The van der Waals surface area contributed by atoms with E-state index in [0.29, 0.717) is 12.1 Å². The highest BCUT2D eigenvalue weighted by atomic mass is 14.9. The lowest BCUT2D eigenvalue weighted by atomic mass is 9.99. The Bertz CT molecular complexity index is 313. The minimum atomic E-state index is 0.490. The zero-order valence-electron chi connectivity index (χ0n) is 12.0. The first-order chi connectivity index (χ1) is 8.02. The van der Waals surface area contributed by atoms with Gasteiger partial charge in [0.25, 0.3) is 0 Å². The molecule has 1 rings (SSSR count). The first kappa shape index (κ1) is 14.2. The van der Waals surface area contributed by atoms with Crippen LogP contribution in [0.1, 0.15) is 57.7 Å². The van der Waals surface area contributed by atoms with Crippen molar-refractivity contribution in [3.8, 4) is 0 Å². The highest BCUT2D eigenvalue weighted by molar-refractivity contribution is 5.24. The number of hydrogen-bond donors (Lipinski definition) is 1. The molecular weight excluding hydrogens is 206 g/mol. The van der Waals surface area contributed by atoms with Gasteiger partial charge in [-0.15, -0.1) is 0 Å². The highest BCUT2D eigenvalue weighted by Gasteiger charge is 2.13. The van der Waals surface area contributed by atoms with Crippen molar-refractivity contribution in [1.29, 1.82) is 0 Å². The van der Waals surface area contributed by atoms with Gasteiger partial charge < -0.3 is 5.32 Å². The lowest BCUT2D eigenvalue weighted by molar-refractivity contribution is 0.388. The highest BCUT2D eigenvalue weighted by Crippen LogP contribution is 2.19. The molecule has 0 amide bonds. The maximum atomic E-state index is 3.73. The van der Waals surface area contributed by atoms with E-state index < -0.39 is 0 Å². The van der Waals surface area contributed by atoms with Gasteiger partial charge in [-0.05, 0) is 38.2 Å². The van der Waals surface area contributed by atoms with Crippen molar-refractivity contribution < 1.29 is 0 Å². The average molecular weight is 233 g/mol. The van der Waals surface area contributed by atoms with Crippen LogP contribution in [-0.4, -0.2) is 6.04 Å². The molecular formula is C16H27N. The quantitative estimate of drug-likeness (QED) is 0.764. The van der Waals surface area contributed by atoms with Crippen LogP contribution in [0.2, 0.25) is 0 Å². The second-order valence-corrected chi connectivity index (χ2v) is 5.57. The molecule has 2 unspecified atom stereocenters. The summed E-state index contributed by atoms with van der Waals surface area (Å²) in [4.78, 5) is 0. The van der Waals surface area contributed by atoms with Crippen molar-refractivity contribution in [2.75, 3.05) is 0 Å². The number of nitrogens with one attached hydrogen (secondary N) is 1. The Morgan fingerprint density at radius 1 is 1.06 bits per heavy atom. The van der Waals surface area contributed by atoms with Crippen molar-refractivity contribution in [3.63, 3.8) is 0 Å². The smallest absolute Gasteiger partial charge is 0.0319 e. The molecule has 0 radical (unpaired) electrons. The summed E-state index contributed by atoms with van der Waals surface area (Å²) in [5, 5.41) is 3.73. The van der Waals surface area contributed by atoms with Gasteiger partial charge >= 0.3 is 0 Å². The minimum absolute atomic E-state index is 0.490. The van der Waals surface area contributed by atoms with Crippen LogP contribution in [0.15, 0.2) is 24.3 Å². The Morgan fingerprint density at radius 3 is 2.12 bits per heavy atom. The summed E-state index contributed by atoms with van der Waals surface area (Å²) in [5.41, 5.74) is 2.74. The van der Waals surface area contributed by atoms with Crippen LogP contribution in [-0.2, 0) is 0 Å². The molecule has 2 atom stereocenters. The molecule has 0 saturated heterocycles. The summed E-state index contributed by atoms with van der Waals surface area (Å²) in [6.07, 6.45) is 2.38. The van der Waals surface area contributed by atoms with Gasteiger partial charge in [0.2, 0.25) is 0 Å². The second kappa shape index (κ2) is 6.80. The van der Waals surface area contributed by atoms with Crippen LogP contribution in [0.4, 0.5) is 0 Å². The van der Waals surface area contributed by atoms with E-state index in [1.165, 1.54) is 17.5 Å². The summed E-state index contributed by atoms with van der Waals surface area (Å²) in [5.74, 6) is 0.757. The molecule has 0 fully saturated rings. The maximum absolute atomic E-state index is 3.73. The molecule has 1 heteroatoms. The molecule has 0 aliphatic carbocycles. The molecule has 0 bridgehead atoms. The summed E-state index contributed by atoms with van der Waals surface area (Å²) in [6.45, 7) is 11.2. The molecule has 0 saturated carbocycles. The molecule has 0 heterocycles. The zero-order valence-corrected chi connectivity index (χ0v) is 12.0. The Hall–Kier alpha value is -0.820. The molecule has 1 nitrogen and oxygen atoms in total. The van der Waals surface area contributed by atoms with Crippen LogP contribution in [0, 0.1) is 12.8 Å². The average Bonchev–Trinajstić information content (AvgIpc) is 2.26. The number of rotatable bonds is 6. The van der Waals surface area contributed by atoms with E-state index in [4.69, 9.17) is 0 Å². The second-order valence-electron chi connectivity index (χ2n) is 5.57. The lowest BCUT2D eigenvalue weighted by Crippen LogP contribution is -2.31. The van der Waals surface area contributed by atoms with Gasteiger partial charge in [0.1, 0.15) is 0 Å². The fourth-order valence-corrected chi connectivity index (χ4v) is 2.37. The van der Waals surface area contributed by atoms with Crippen LogP contribution in [0.5, 0.6) is 0 Å². The lowest BCUT2D eigenvalue weighted by Gasteiger charge is -2.24. The topological polar surface area (TPSA) is 12.0 Å². The minimum Gasteiger partial charge on any atom is -0.307 e. The van der Waals surface area contributed by atoms with Crippen LogP contribution in [0.25, 0.3) is 0 Å². The first-order valence-electron chi connectivity index (χ1n) is 6.85. The summed E-state index contributed by atoms with van der Waals surface area (Å²) < 4.78 is 0. The molecule has 0 aliphatic heterocycles. The molecule has 1 aromatic carbocycles. The summed E-state index contributed by atoms with van der Waals surface area (Å²) in [6, 6.07) is 9.97. The van der Waals surface area contributed by atoms with Crippen LogP contribution >= 0.6 is 0 Å². The van der Waals surface area contributed by atoms with E-state index in [1.807, 2.05) is 0 Å². The SMILES string of the molecule is CCC(NC(C)CC(C)C)c1ccc(C)cc1. The van der Waals surface area contributed by atoms with E-state index in [0.717, 1.165) is 12.3 Å². The Morgan fingerprint density at radius 2 is 1.65 bits per heavy atom. The van der Waals surface area contributed by atoms with Gasteiger partial charge in [-0.25, -0.2) is 0 Å². The van der Waals surface area contributed by atoms with Crippen LogP contribution in [0.3, 0.4) is 0 Å². The Labute approximate surface area is 107 Å². The number of hydrogen-bond acceptors (Lipinski definition) is 1. The van der Waals surface area contributed by atoms with Gasteiger partial charge in [0.05, 0.1) is 0 Å². The molecule has 1 N–H and O–H groups in total. The molecule has 1 aromatic rings. The fourth-order valence-electron chi connectivity index (χ4n) is 2.37. The fraction of sp³-hybridized carbons (Fsp3) is 0.625. The van der Waals surface area contributed by atoms with E-state index in [1.54, 1.807) is 0 Å². The maximum Gasteiger partial charge on any atom is 0.0319 e. The Kier molecular flexibility index (Phi) is 5.70. The largest absolute Gasteiger partial charge is 0.307 e. The molecule has 0 aliphatic rings. The number of aryl methyl sites for hydroxylation is 1. The monoisotopic (exact) mass is 233 g/mol. The van der Waals surface area contributed by atoms with E-state index >= 15 is 0 Å².